The van der Waals surface area contributed by atoms with Gasteiger partial charge in [0.1, 0.15) is 5.82 Å². The quantitative estimate of drug-likeness (QED) is 0.148. The Morgan fingerprint density at radius 1 is 0.811 bits per heavy atom. The number of hydrogen-bond acceptors (Lipinski definition) is 5. The Bertz CT molecular complexity index is 2660. The summed E-state index contributed by atoms with van der Waals surface area (Å²) in [4.78, 5) is 34.0. The van der Waals surface area contributed by atoms with Crippen LogP contribution in [0.15, 0.2) is 161 Å². The zero-order valence-corrected chi connectivity index (χ0v) is 29.9. The summed E-state index contributed by atoms with van der Waals surface area (Å²) in [6.07, 6.45) is 1.92. The lowest BCUT2D eigenvalue weighted by Crippen LogP contribution is -2.40. The zero-order valence-electron chi connectivity index (χ0n) is 29.1. The standard InChI is InChI=1S/C45H34FN3O3S/c1-3-52-44(51)39-40(31-15-9-5-10-16-31)47-45-49(42(39)33-21-23-35(46)24-22-33)43(50)38(53-45)28-34-27-37(30-13-7-4-8-14-30)48(36-25-19-29(2)20-26-36)41(34)32-17-11-6-12-18-32/h4-28,42H,3H2,1-2H3/b38-28-/t42-/m0/s1. The molecule has 53 heavy (non-hydrogen) atoms. The molecule has 0 amide bonds. The van der Waals surface area contributed by atoms with Crippen molar-refractivity contribution in [1.29, 1.82) is 0 Å². The van der Waals surface area contributed by atoms with Gasteiger partial charge in [-0.05, 0) is 66.9 Å². The fourth-order valence-corrected chi connectivity index (χ4v) is 7.85. The van der Waals surface area contributed by atoms with Crippen LogP contribution in [0.2, 0.25) is 0 Å². The largest absolute Gasteiger partial charge is 0.463 e. The van der Waals surface area contributed by atoms with Crippen LogP contribution in [0.5, 0.6) is 0 Å². The predicted octanol–water partition coefficient (Wildman–Crippen LogP) is 8.51. The molecule has 8 heteroatoms. The smallest absolute Gasteiger partial charge is 0.338 e. The van der Waals surface area contributed by atoms with Crippen molar-refractivity contribution in [3.05, 3.63) is 199 Å². The van der Waals surface area contributed by atoms with Crippen molar-refractivity contribution in [3.63, 3.8) is 0 Å². The Balaban J connectivity index is 1.43. The van der Waals surface area contributed by atoms with Crippen LogP contribution in [0.1, 0.15) is 35.2 Å². The molecule has 2 aromatic heterocycles. The van der Waals surface area contributed by atoms with Gasteiger partial charge in [-0.25, -0.2) is 14.2 Å². The summed E-state index contributed by atoms with van der Waals surface area (Å²) in [6.45, 7) is 3.94. The van der Waals surface area contributed by atoms with Crippen LogP contribution in [-0.4, -0.2) is 21.7 Å². The summed E-state index contributed by atoms with van der Waals surface area (Å²) >= 11 is 1.26. The number of nitrogens with zero attached hydrogens (tertiary/aromatic N) is 3. The molecule has 0 fully saturated rings. The molecule has 0 spiro atoms. The first-order chi connectivity index (χ1) is 25.9. The molecule has 3 heterocycles. The average molecular weight is 716 g/mol. The van der Waals surface area contributed by atoms with Gasteiger partial charge in [0.05, 0.1) is 39.8 Å². The molecular formula is C45H34FN3O3S. The Morgan fingerprint density at radius 3 is 2.04 bits per heavy atom. The van der Waals surface area contributed by atoms with Gasteiger partial charge in [0.2, 0.25) is 0 Å². The molecule has 0 aliphatic carbocycles. The molecule has 5 aromatic carbocycles. The number of ether oxygens (including phenoxy) is 1. The third-order valence-electron chi connectivity index (χ3n) is 9.29. The Kier molecular flexibility index (Phi) is 9.12. The number of carbonyl (C=O) groups is 1. The van der Waals surface area contributed by atoms with Crippen LogP contribution in [0, 0.1) is 12.7 Å². The van der Waals surface area contributed by atoms with E-state index in [0.29, 0.717) is 26.2 Å². The Hall–Kier alpha value is -6.38. The minimum absolute atomic E-state index is 0.134. The van der Waals surface area contributed by atoms with E-state index < -0.39 is 17.8 Å². The fourth-order valence-electron chi connectivity index (χ4n) is 6.86. The van der Waals surface area contributed by atoms with Crippen molar-refractivity contribution < 1.29 is 13.9 Å². The van der Waals surface area contributed by atoms with Crippen LogP contribution in [0.25, 0.3) is 40.0 Å². The molecule has 0 saturated carbocycles. The van der Waals surface area contributed by atoms with Gasteiger partial charge in [0.25, 0.3) is 5.56 Å². The minimum Gasteiger partial charge on any atom is -0.463 e. The highest BCUT2D eigenvalue weighted by molar-refractivity contribution is 7.07. The van der Waals surface area contributed by atoms with Crippen LogP contribution in [0.3, 0.4) is 0 Å². The summed E-state index contributed by atoms with van der Waals surface area (Å²) < 4.78 is 24.1. The third kappa shape index (κ3) is 6.38. The van der Waals surface area contributed by atoms with Crippen LogP contribution in [0.4, 0.5) is 4.39 Å². The molecule has 8 rings (SSSR count). The molecule has 0 N–H and O–H groups in total. The van der Waals surface area contributed by atoms with Crippen molar-refractivity contribution in [2.75, 3.05) is 6.61 Å². The Labute approximate surface area is 309 Å². The predicted molar refractivity (Wildman–Crippen MR) is 209 cm³/mol. The number of aromatic nitrogens is 2. The highest BCUT2D eigenvalue weighted by Gasteiger charge is 2.35. The number of halogens is 1. The lowest BCUT2D eigenvalue weighted by atomic mass is 9.93. The summed E-state index contributed by atoms with van der Waals surface area (Å²) in [5.74, 6) is -1.01. The molecule has 0 saturated heterocycles. The normalized spacial score (nSPS) is 14.2. The molecular weight excluding hydrogens is 682 g/mol. The van der Waals surface area contributed by atoms with Gasteiger partial charge in [-0.2, -0.15) is 0 Å². The maximum atomic E-state index is 14.8. The second-order valence-electron chi connectivity index (χ2n) is 12.7. The maximum Gasteiger partial charge on any atom is 0.338 e. The van der Waals surface area contributed by atoms with E-state index >= 15 is 0 Å². The van der Waals surface area contributed by atoms with E-state index in [1.54, 1.807) is 23.6 Å². The number of aryl methyl sites for hydroxylation is 1. The third-order valence-corrected chi connectivity index (χ3v) is 10.3. The van der Waals surface area contributed by atoms with Crippen molar-refractivity contribution in [3.8, 4) is 28.2 Å². The molecule has 1 aliphatic heterocycles. The highest BCUT2D eigenvalue weighted by atomic mass is 32.1. The maximum absolute atomic E-state index is 14.8. The highest BCUT2D eigenvalue weighted by Crippen LogP contribution is 2.38. The number of carbonyl (C=O) groups excluding carboxylic acids is 1. The molecule has 0 unspecified atom stereocenters. The lowest BCUT2D eigenvalue weighted by molar-refractivity contribution is -0.138. The van der Waals surface area contributed by atoms with Gasteiger partial charge in [-0.3, -0.25) is 9.36 Å². The summed E-state index contributed by atoms with van der Waals surface area (Å²) in [7, 11) is 0. The topological polar surface area (TPSA) is 65.6 Å². The molecule has 0 radical (unpaired) electrons. The van der Waals surface area contributed by atoms with Gasteiger partial charge in [0, 0.05) is 16.8 Å². The second-order valence-corrected chi connectivity index (χ2v) is 13.7. The first kappa shape index (κ1) is 33.7. The summed E-state index contributed by atoms with van der Waals surface area (Å²) in [6, 6.07) is 45.2. The average Bonchev–Trinajstić information content (AvgIpc) is 3.72. The first-order valence-corrected chi connectivity index (χ1v) is 18.2. The van der Waals surface area contributed by atoms with E-state index in [-0.39, 0.29) is 17.7 Å². The molecule has 7 aromatic rings. The summed E-state index contributed by atoms with van der Waals surface area (Å²) in [5.41, 5.74) is 8.44. The van der Waals surface area contributed by atoms with Gasteiger partial charge in [0.15, 0.2) is 4.80 Å². The molecule has 6 nitrogen and oxygen atoms in total. The van der Waals surface area contributed by atoms with E-state index in [0.717, 1.165) is 39.3 Å². The van der Waals surface area contributed by atoms with E-state index in [2.05, 4.69) is 66.1 Å². The van der Waals surface area contributed by atoms with E-state index in [1.165, 1.54) is 23.5 Å². The summed E-state index contributed by atoms with van der Waals surface area (Å²) in [5, 5.41) is 0. The van der Waals surface area contributed by atoms with E-state index in [9.17, 15) is 14.0 Å². The van der Waals surface area contributed by atoms with Crippen LogP contribution < -0.4 is 14.9 Å². The molecule has 0 bridgehead atoms. The van der Waals surface area contributed by atoms with Gasteiger partial charge in [-0.15, -0.1) is 0 Å². The first-order valence-electron chi connectivity index (χ1n) is 17.4. The zero-order chi connectivity index (χ0) is 36.5. The minimum atomic E-state index is -0.908. The Morgan fingerprint density at radius 2 is 1.42 bits per heavy atom. The monoisotopic (exact) mass is 715 g/mol. The molecule has 1 aliphatic rings. The number of hydrogen-bond donors (Lipinski definition) is 0. The van der Waals surface area contributed by atoms with Gasteiger partial charge < -0.3 is 9.30 Å². The van der Waals surface area contributed by atoms with E-state index in [1.807, 2.05) is 72.8 Å². The van der Waals surface area contributed by atoms with Crippen molar-refractivity contribution in [1.82, 2.24) is 9.13 Å². The number of benzene rings is 5. The van der Waals surface area contributed by atoms with Crippen LogP contribution >= 0.6 is 11.3 Å². The lowest BCUT2D eigenvalue weighted by Gasteiger charge is -2.25. The van der Waals surface area contributed by atoms with Crippen molar-refractivity contribution in [2.24, 2.45) is 4.99 Å². The van der Waals surface area contributed by atoms with Crippen molar-refractivity contribution >= 4 is 29.1 Å². The van der Waals surface area contributed by atoms with Gasteiger partial charge in [-0.1, -0.05) is 132 Å². The SMILES string of the molecule is CCOC(=O)C1=C(c2ccccc2)N=c2s/c(=C\c3cc(-c4ccccc4)n(-c4ccc(C)cc4)c3-c3ccccc3)c(=O)n2[C@H]1c1ccc(F)cc1. The fraction of sp³-hybridized carbons (Fsp3) is 0.0889. The second kappa shape index (κ2) is 14.3. The van der Waals surface area contributed by atoms with E-state index in [4.69, 9.17) is 9.73 Å². The van der Waals surface area contributed by atoms with Crippen LogP contribution in [-0.2, 0) is 9.53 Å². The van der Waals surface area contributed by atoms with Gasteiger partial charge >= 0.3 is 5.97 Å². The van der Waals surface area contributed by atoms with Crippen molar-refractivity contribution in [2.45, 2.75) is 19.9 Å². The number of thiazole rings is 1. The number of esters is 1. The number of rotatable bonds is 8. The number of fused-ring (bicyclic) bond motifs is 1. The molecule has 260 valence electrons. The molecule has 1 atom stereocenters.